The van der Waals surface area contributed by atoms with Crippen LogP contribution in [-0.2, 0) is 11.2 Å². The fourth-order valence-corrected chi connectivity index (χ4v) is 2.85. The summed E-state index contributed by atoms with van der Waals surface area (Å²) in [5.41, 5.74) is 0.543. The largest absolute Gasteiger partial charge is 0.391 e. The predicted molar refractivity (Wildman–Crippen MR) is 77.2 cm³/mol. The van der Waals surface area contributed by atoms with E-state index in [0.29, 0.717) is 19.6 Å². The maximum atomic E-state index is 13.2. The van der Waals surface area contributed by atoms with Crippen molar-refractivity contribution in [2.24, 2.45) is 0 Å². The molecule has 20 heavy (non-hydrogen) atoms. The molecule has 1 aromatic rings. The third-order valence-corrected chi connectivity index (χ3v) is 4.49. The SMILES string of the molecule is CCC(C)(C(O)Cc1cccc(F)c1)N1CCOCC1. The summed E-state index contributed by atoms with van der Waals surface area (Å²) in [5, 5.41) is 10.7. The van der Waals surface area contributed by atoms with Gasteiger partial charge in [0.1, 0.15) is 5.82 Å². The molecule has 2 atom stereocenters. The molecule has 4 heteroatoms. The van der Waals surface area contributed by atoms with Crippen LogP contribution in [0.2, 0.25) is 0 Å². The monoisotopic (exact) mass is 281 g/mol. The average Bonchev–Trinajstić information content (AvgIpc) is 2.47. The summed E-state index contributed by atoms with van der Waals surface area (Å²) in [6.07, 6.45) is 0.801. The van der Waals surface area contributed by atoms with Gasteiger partial charge in [-0.2, -0.15) is 0 Å². The fourth-order valence-electron chi connectivity index (χ4n) is 2.85. The Morgan fingerprint density at radius 3 is 2.70 bits per heavy atom. The van der Waals surface area contributed by atoms with Crippen LogP contribution in [-0.4, -0.2) is 48.0 Å². The van der Waals surface area contributed by atoms with Gasteiger partial charge in [0.2, 0.25) is 0 Å². The smallest absolute Gasteiger partial charge is 0.123 e. The highest BCUT2D eigenvalue weighted by molar-refractivity contribution is 5.18. The number of aliphatic hydroxyl groups is 1. The third-order valence-electron chi connectivity index (χ3n) is 4.49. The molecule has 0 saturated carbocycles. The normalized spacial score (nSPS) is 21.4. The summed E-state index contributed by atoms with van der Waals surface area (Å²) in [4.78, 5) is 2.29. The molecule has 0 spiro atoms. The Bertz CT molecular complexity index is 434. The Morgan fingerprint density at radius 1 is 1.40 bits per heavy atom. The number of benzene rings is 1. The highest BCUT2D eigenvalue weighted by Gasteiger charge is 2.37. The Labute approximate surface area is 120 Å². The number of hydrogen-bond acceptors (Lipinski definition) is 3. The van der Waals surface area contributed by atoms with Crippen molar-refractivity contribution in [3.8, 4) is 0 Å². The van der Waals surface area contributed by atoms with Gasteiger partial charge in [-0.3, -0.25) is 4.90 Å². The first-order valence-corrected chi connectivity index (χ1v) is 7.31. The van der Waals surface area contributed by atoms with Crippen LogP contribution in [0, 0.1) is 5.82 Å². The van der Waals surface area contributed by atoms with Gasteiger partial charge >= 0.3 is 0 Å². The summed E-state index contributed by atoms with van der Waals surface area (Å²) < 4.78 is 18.6. The molecular formula is C16H24FNO2. The molecule has 1 aliphatic rings. The Kier molecular flexibility index (Phi) is 5.13. The highest BCUT2D eigenvalue weighted by atomic mass is 19.1. The van der Waals surface area contributed by atoms with Crippen LogP contribution < -0.4 is 0 Å². The van der Waals surface area contributed by atoms with Crippen molar-refractivity contribution in [1.29, 1.82) is 0 Å². The van der Waals surface area contributed by atoms with Gasteiger partial charge in [0, 0.05) is 25.0 Å². The summed E-state index contributed by atoms with van der Waals surface area (Å²) in [5.74, 6) is -0.251. The predicted octanol–water partition coefficient (Wildman–Crippen LogP) is 2.23. The Morgan fingerprint density at radius 2 is 2.10 bits per heavy atom. The molecule has 0 aromatic heterocycles. The van der Waals surface area contributed by atoms with E-state index in [2.05, 4.69) is 18.7 Å². The molecule has 112 valence electrons. The molecule has 2 rings (SSSR count). The maximum Gasteiger partial charge on any atom is 0.123 e. The van der Waals surface area contributed by atoms with Gasteiger partial charge in [-0.15, -0.1) is 0 Å². The zero-order valence-electron chi connectivity index (χ0n) is 12.3. The first-order valence-electron chi connectivity index (χ1n) is 7.31. The number of nitrogens with zero attached hydrogens (tertiary/aromatic N) is 1. The maximum absolute atomic E-state index is 13.2. The number of morpholine rings is 1. The van der Waals surface area contributed by atoms with E-state index in [4.69, 9.17) is 4.74 Å². The molecule has 2 unspecified atom stereocenters. The average molecular weight is 281 g/mol. The first kappa shape index (κ1) is 15.4. The molecule has 0 bridgehead atoms. The quantitative estimate of drug-likeness (QED) is 0.898. The van der Waals surface area contributed by atoms with Crippen molar-refractivity contribution < 1.29 is 14.2 Å². The first-order chi connectivity index (χ1) is 9.56. The van der Waals surface area contributed by atoms with Gasteiger partial charge in [-0.25, -0.2) is 4.39 Å². The molecule has 3 nitrogen and oxygen atoms in total. The molecule has 0 radical (unpaired) electrons. The van der Waals surface area contributed by atoms with Gasteiger partial charge in [-0.1, -0.05) is 19.1 Å². The summed E-state index contributed by atoms with van der Waals surface area (Å²) in [6.45, 7) is 7.27. The number of rotatable bonds is 5. The van der Waals surface area contributed by atoms with Crippen molar-refractivity contribution in [2.45, 2.75) is 38.3 Å². The van der Waals surface area contributed by atoms with Crippen molar-refractivity contribution in [3.05, 3.63) is 35.6 Å². The fraction of sp³-hybridized carbons (Fsp3) is 0.625. The van der Waals surface area contributed by atoms with E-state index in [0.717, 1.165) is 25.1 Å². The number of halogens is 1. The van der Waals surface area contributed by atoms with Gasteiger partial charge in [0.05, 0.1) is 19.3 Å². The zero-order valence-corrected chi connectivity index (χ0v) is 12.3. The van der Waals surface area contributed by atoms with Gasteiger partial charge < -0.3 is 9.84 Å². The van der Waals surface area contributed by atoms with Gasteiger partial charge in [-0.05, 0) is 31.0 Å². The van der Waals surface area contributed by atoms with E-state index < -0.39 is 6.10 Å². The topological polar surface area (TPSA) is 32.7 Å². The molecule has 0 amide bonds. The molecule has 0 aliphatic carbocycles. The van der Waals surface area contributed by atoms with Crippen LogP contribution in [0.15, 0.2) is 24.3 Å². The lowest BCUT2D eigenvalue weighted by Gasteiger charge is -2.46. The molecule has 1 heterocycles. The lowest BCUT2D eigenvalue weighted by atomic mass is 9.85. The minimum Gasteiger partial charge on any atom is -0.391 e. The standard InChI is InChI=1S/C16H24FNO2/c1-3-16(2,18-7-9-20-10-8-18)15(19)12-13-5-4-6-14(17)11-13/h4-6,11,15,19H,3,7-10,12H2,1-2H3. The van der Waals surface area contributed by atoms with E-state index in [1.807, 2.05) is 6.07 Å². The number of ether oxygens (including phenoxy) is 1. The van der Waals surface area contributed by atoms with Crippen LogP contribution in [0.5, 0.6) is 0 Å². The van der Waals surface area contributed by atoms with Crippen LogP contribution >= 0.6 is 0 Å². The van der Waals surface area contributed by atoms with Crippen molar-refractivity contribution >= 4 is 0 Å². The molecule has 1 saturated heterocycles. The van der Waals surface area contributed by atoms with Gasteiger partial charge in [0.25, 0.3) is 0 Å². The second kappa shape index (κ2) is 6.66. The Hall–Kier alpha value is -0.970. The second-order valence-electron chi connectivity index (χ2n) is 5.66. The Balaban J connectivity index is 2.09. The lowest BCUT2D eigenvalue weighted by molar-refractivity contribution is -0.0714. The minimum absolute atomic E-state index is 0.251. The van der Waals surface area contributed by atoms with Crippen LogP contribution in [0.1, 0.15) is 25.8 Å². The summed E-state index contributed by atoms with van der Waals surface area (Å²) in [7, 11) is 0. The third kappa shape index (κ3) is 3.37. The van der Waals surface area contributed by atoms with E-state index in [9.17, 15) is 9.50 Å². The number of aliphatic hydroxyl groups excluding tert-OH is 1. The summed E-state index contributed by atoms with van der Waals surface area (Å²) in [6, 6.07) is 6.48. The second-order valence-corrected chi connectivity index (χ2v) is 5.66. The molecule has 1 aliphatic heterocycles. The minimum atomic E-state index is -0.521. The summed E-state index contributed by atoms with van der Waals surface area (Å²) >= 11 is 0. The van der Waals surface area contributed by atoms with E-state index in [1.165, 1.54) is 12.1 Å². The lowest BCUT2D eigenvalue weighted by Crippen LogP contribution is -2.58. The molecule has 1 aromatic carbocycles. The number of hydrogen-bond donors (Lipinski definition) is 1. The van der Waals surface area contributed by atoms with Crippen molar-refractivity contribution in [1.82, 2.24) is 4.90 Å². The van der Waals surface area contributed by atoms with Crippen LogP contribution in [0.4, 0.5) is 4.39 Å². The van der Waals surface area contributed by atoms with Crippen LogP contribution in [0.25, 0.3) is 0 Å². The van der Waals surface area contributed by atoms with Crippen LogP contribution in [0.3, 0.4) is 0 Å². The van der Waals surface area contributed by atoms with Crippen molar-refractivity contribution in [2.75, 3.05) is 26.3 Å². The highest BCUT2D eigenvalue weighted by Crippen LogP contribution is 2.27. The van der Waals surface area contributed by atoms with Gasteiger partial charge in [0.15, 0.2) is 0 Å². The van der Waals surface area contributed by atoms with E-state index in [-0.39, 0.29) is 11.4 Å². The van der Waals surface area contributed by atoms with E-state index >= 15 is 0 Å². The molecular weight excluding hydrogens is 257 g/mol. The molecule has 1 N–H and O–H groups in total. The van der Waals surface area contributed by atoms with Crippen molar-refractivity contribution in [3.63, 3.8) is 0 Å². The zero-order chi connectivity index (χ0) is 14.6. The van der Waals surface area contributed by atoms with E-state index in [1.54, 1.807) is 6.07 Å². The molecule has 1 fully saturated rings.